The van der Waals surface area contributed by atoms with E-state index < -0.39 is 62.4 Å². The molecule has 13 heteroatoms. The van der Waals surface area contributed by atoms with Crippen molar-refractivity contribution in [3.05, 3.63) is 53.5 Å². The Morgan fingerprint density at radius 3 is 2.28 bits per heavy atom. The monoisotopic (exact) mass is 535 g/mol. The first-order chi connectivity index (χ1) is 16.9. The highest BCUT2D eigenvalue weighted by molar-refractivity contribution is 7.90. The van der Waals surface area contributed by atoms with Crippen molar-refractivity contribution in [2.24, 2.45) is 0 Å². The van der Waals surface area contributed by atoms with Gasteiger partial charge in [0.05, 0.1) is 11.4 Å². The summed E-state index contributed by atoms with van der Waals surface area (Å²) in [6.07, 6.45) is -3.69. The van der Waals surface area contributed by atoms with E-state index in [1.165, 1.54) is 6.20 Å². The quantitative estimate of drug-likeness (QED) is 0.371. The highest BCUT2D eigenvalue weighted by Gasteiger charge is 2.41. The van der Waals surface area contributed by atoms with Crippen LogP contribution in [0.4, 0.5) is 30.7 Å². The molecule has 2 saturated carbocycles. The summed E-state index contributed by atoms with van der Waals surface area (Å²) in [7, 11) is -4.05. The third-order valence-corrected chi connectivity index (χ3v) is 8.61. The molecule has 2 aromatic heterocycles. The maximum atomic E-state index is 15.3. The molecule has 0 radical (unpaired) electrons. The number of rotatable bonds is 7. The molecule has 3 aromatic rings. The van der Waals surface area contributed by atoms with Crippen molar-refractivity contribution in [3.8, 4) is 11.1 Å². The van der Waals surface area contributed by atoms with E-state index in [1.54, 1.807) is 4.57 Å². The predicted molar refractivity (Wildman–Crippen MR) is 117 cm³/mol. The van der Waals surface area contributed by atoms with Gasteiger partial charge in [0, 0.05) is 39.8 Å². The molecule has 0 spiro atoms. The van der Waals surface area contributed by atoms with Gasteiger partial charge in [-0.2, -0.15) is 13.2 Å². The average molecular weight is 535 g/mol. The molecule has 36 heavy (non-hydrogen) atoms. The van der Waals surface area contributed by atoms with Crippen LogP contribution in [0.5, 0.6) is 0 Å². The van der Waals surface area contributed by atoms with E-state index in [2.05, 4.69) is 4.98 Å². The maximum Gasteiger partial charge on any atom is 0.433 e. The first-order valence-electron chi connectivity index (χ1n) is 11.2. The molecule has 2 aliphatic rings. The number of benzene rings is 1. The van der Waals surface area contributed by atoms with Crippen LogP contribution in [0.15, 0.2) is 30.6 Å². The van der Waals surface area contributed by atoms with Crippen LogP contribution in [0.25, 0.3) is 22.0 Å². The number of hydrogen-bond donors (Lipinski definition) is 1. The van der Waals surface area contributed by atoms with Crippen molar-refractivity contribution in [1.82, 2.24) is 14.3 Å². The summed E-state index contributed by atoms with van der Waals surface area (Å²) in [5, 5.41) is -0.840. The van der Waals surface area contributed by atoms with Crippen molar-refractivity contribution in [1.29, 1.82) is 0 Å². The van der Waals surface area contributed by atoms with Gasteiger partial charge in [-0.1, -0.05) is 0 Å². The second-order valence-electron chi connectivity index (χ2n) is 9.15. The van der Waals surface area contributed by atoms with Crippen LogP contribution in [0, 0.1) is 11.6 Å². The molecule has 0 saturated heterocycles. The molecule has 5 nitrogen and oxygen atoms in total. The molecule has 0 amide bonds. The minimum Gasteiger partial charge on any atom is -0.344 e. The second kappa shape index (κ2) is 8.72. The topological polar surface area (TPSA) is 64.0 Å². The first-order valence-corrected chi connectivity index (χ1v) is 12.8. The molecule has 0 bridgehead atoms. The highest BCUT2D eigenvalue weighted by Crippen LogP contribution is 2.43. The van der Waals surface area contributed by atoms with Crippen LogP contribution in [-0.2, 0) is 16.2 Å². The Labute approximate surface area is 201 Å². The lowest BCUT2D eigenvalue weighted by Crippen LogP contribution is -2.35. The molecule has 2 aliphatic carbocycles. The Bertz CT molecular complexity index is 1430. The summed E-state index contributed by atoms with van der Waals surface area (Å²) in [6, 6.07) is 0.192. The van der Waals surface area contributed by atoms with Crippen LogP contribution in [0.2, 0.25) is 0 Å². The number of fused-ring (bicyclic) bond motifs is 1. The van der Waals surface area contributed by atoms with Gasteiger partial charge in [-0.15, -0.1) is 0 Å². The smallest absolute Gasteiger partial charge is 0.344 e. The van der Waals surface area contributed by atoms with Gasteiger partial charge in [0.2, 0.25) is 10.0 Å². The largest absolute Gasteiger partial charge is 0.433 e. The molecule has 2 fully saturated rings. The van der Waals surface area contributed by atoms with Crippen molar-refractivity contribution < 1.29 is 39.2 Å². The van der Waals surface area contributed by atoms with Crippen LogP contribution >= 0.6 is 0 Å². The lowest BCUT2D eigenvalue weighted by molar-refractivity contribution is -0.140. The summed E-state index contributed by atoms with van der Waals surface area (Å²) >= 11 is 0. The number of nitrogens with zero attached hydrogens (tertiary/aromatic N) is 2. The number of halogens is 7. The predicted octanol–water partition coefficient (Wildman–Crippen LogP) is 6.11. The lowest BCUT2D eigenvalue weighted by atomic mass is 9.92. The summed E-state index contributed by atoms with van der Waals surface area (Å²) in [5.41, 5.74) is -2.97. The van der Waals surface area contributed by atoms with Crippen LogP contribution in [0.1, 0.15) is 55.4 Å². The summed E-state index contributed by atoms with van der Waals surface area (Å²) in [4.78, 5) is 3.10. The molecule has 1 N–H and O–H groups in total. The fourth-order valence-corrected chi connectivity index (χ4v) is 6.02. The zero-order valence-electron chi connectivity index (χ0n) is 18.5. The Kier molecular flexibility index (Phi) is 6.05. The Hall–Kier alpha value is -2.67. The molecule has 2 heterocycles. The third kappa shape index (κ3) is 4.47. The molecule has 5 rings (SSSR count). The van der Waals surface area contributed by atoms with Crippen molar-refractivity contribution in [2.75, 3.05) is 0 Å². The summed E-state index contributed by atoms with van der Waals surface area (Å²) in [5.74, 6) is -2.33. The summed E-state index contributed by atoms with van der Waals surface area (Å²) in [6.45, 7) is 0. The van der Waals surface area contributed by atoms with E-state index in [9.17, 15) is 34.8 Å². The van der Waals surface area contributed by atoms with E-state index in [4.69, 9.17) is 0 Å². The van der Waals surface area contributed by atoms with Crippen LogP contribution in [0.3, 0.4) is 0 Å². The third-order valence-electron chi connectivity index (χ3n) is 6.68. The van der Waals surface area contributed by atoms with Gasteiger partial charge in [-0.25, -0.2) is 35.7 Å². The fourth-order valence-electron chi connectivity index (χ4n) is 4.49. The van der Waals surface area contributed by atoms with Gasteiger partial charge < -0.3 is 4.57 Å². The Balaban J connectivity index is 1.71. The van der Waals surface area contributed by atoms with Gasteiger partial charge in [0.1, 0.15) is 17.7 Å². The van der Waals surface area contributed by atoms with E-state index in [1.807, 2.05) is 4.72 Å². The molecule has 0 aliphatic heterocycles. The van der Waals surface area contributed by atoms with Crippen LogP contribution < -0.4 is 4.72 Å². The fraction of sp³-hybridized carbons (Fsp3) is 0.435. The van der Waals surface area contributed by atoms with E-state index >= 15 is 4.39 Å². The van der Waals surface area contributed by atoms with Crippen LogP contribution in [-0.4, -0.2) is 29.6 Å². The lowest BCUT2D eigenvalue weighted by Gasteiger charge is -2.28. The maximum absolute atomic E-state index is 15.3. The molecule has 194 valence electrons. The number of alkyl halides is 5. The van der Waals surface area contributed by atoms with Crippen molar-refractivity contribution in [2.45, 2.75) is 62.0 Å². The van der Waals surface area contributed by atoms with Crippen molar-refractivity contribution in [3.63, 3.8) is 0 Å². The molecular weight excluding hydrogens is 515 g/mol. The van der Waals surface area contributed by atoms with Gasteiger partial charge in [0.15, 0.2) is 5.69 Å². The minimum absolute atomic E-state index is 0.0649. The minimum atomic E-state index is -5.01. The number of pyridine rings is 1. The van der Waals surface area contributed by atoms with E-state index in [0.717, 1.165) is 18.6 Å². The molecule has 1 aromatic carbocycles. The van der Waals surface area contributed by atoms with E-state index in [0.29, 0.717) is 37.9 Å². The van der Waals surface area contributed by atoms with Crippen molar-refractivity contribution >= 4 is 20.9 Å². The zero-order valence-corrected chi connectivity index (χ0v) is 19.3. The molecule has 0 unspecified atom stereocenters. The number of hydrogen-bond acceptors (Lipinski definition) is 3. The SMILES string of the molecule is O=S(=O)(N[C@@H](c1cn(C2CCC2)c2cc(-c3cc(F)cnc3C(F)(F)F)c(F)cc12)C(F)F)C1CC1. The van der Waals surface area contributed by atoms with Gasteiger partial charge in [-0.05, 0) is 50.3 Å². The van der Waals surface area contributed by atoms with Gasteiger partial charge >= 0.3 is 6.18 Å². The first kappa shape index (κ1) is 25.0. The average Bonchev–Trinajstić information content (AvgIpc) is 3.54. The molecular formula is C23H20F7N3O2S. The normalized spacial score (nSPS) is 18.1. The van der Waals surface area contributed by atoms with Gasteiger partial charge in [-0.3, -0.25) is 0 Å². The Morgan fingerprint density at radius 1 is 1.03 bits per heavy atom. The number of aromatic nitrogens is 2. The molecule has 1 atom stereocenters. The zero-order chi connectivity index (χ0) is 26.0. The van der Waals surface area contributed by atoms with Gasteiger partial charge in [0.25, 0.3) is 6.43 Å². The number of nitrogens with one attached hydrogen (secondary N) is 1. The number of sulfonamides is 1. The van der Waals surface area contributed by atoms with E-state index in [-0.39, 0.29) is 22.5 Å². The standard InChI is InChI=1S/C23H20F7N3O2S/c24-11-6-16(21(31-9-11)23(28,29)30)14-8-19-15(7-18(14)25)17(10-33(19)12-2-1-3-12)20(22(26)27)32-36(34,35)13-4-5-13/h6-10,12-13,20,22,32H,1-5H2/t20-/m0/s1. The second-order valence-corrected chi connectivity index (χ2v) is 11.1. The summed E-state index contributed by atoms with van der Waals surface area (Å²) < 4.78 is 126. The highest BCUT2D eigenvalue weighted by atomic mass is 32.2. The Morgan fingerprint density at radius 2 is 1.72 bits per heavy atom.